The average molecular weight is 381 g/mol. The highest BCUT2D eigenvalue weighted by atomic mass is 16.4. The van der Waals surface area contributed by atoms with Gasteiger partial charge in [-0.25, -0.2) is 4.79 Å². The number of aromatic nitrogens is 1. The molecular weight excluding hydrogens is 358 g/mol. The Kier molecular flexibility index (Phi) is 4.68. The zero-order chi connectivity index (χ0) is 19.8. The first-order valence-corrected chi connectivity index (χ1v) is 9.40. The Morgan fingerprint density at radius 2 is 2.21 bits per heavy atom. The minimum absolute atomic E-state index is 0.136. The number of amides is 1. The van der Waals surface area contributed by atoms with Crippen molar-refractivity contribution in [3.8, 4) is 0 Å². The minimum Gasteiger partial charge on any atom is -0.408 e. The highest BCUT2D eigenvalue weighted by Crippen LogP contribution is 2.33. The number of carbonyl (C=O) groups is 1. The van der Waals surface area contributed by atoms with Crippen LogP contribution in [0.25, 0.3) is 11.1 Å². The summed E-state index contributed by atoms with van der Waals surface area (Å²) in [6, 6.07) is 11.2. The van der Waals surface area contributed by atoms with E-state index in [1.165, 1.54) is 0 Å². The minimum atomic E-state index is -0.469. The van der Waals surface area contributed by atoms with Gasteiger partial charge in [-0.05, 0) is 48.1 Å². The van der Waals surface area contributed by atoms with Crippen LogP contribution < -0.4 is 16.4 Å². The molecule has 0 spiro atoms. The molecule has 7 nitrogen and oxygen atoms in total. The van der Waals surface area contributed by atoms with Gasteiger partial charge in [-0.1, -0.05) is 25.1 Å². The Bertz CT molecular complexity index is 1080. The molecule has 1 aliphatic rings. The number of primary amides is 1. The zero-order valence-corrected chi connectivity index (χ0v) is 15.6. The highest BCUT2D eigenvalue weighted by molar-refractivity contribution is 5.99. The van der Waals surface area contributed by atoms with E-state index < -0.39 is 17.8 Å². The van der Waals surface area contributed by atoms with Crippen molar-refractivity contribution in [2.45, 2.75) is 31.8 Å². The van der Waals surface area contributed by atoms with Crippen molar-refractivity contribution >= 4 is 22.7 Å². The molecule has 2 heterocycles. The van der Waals surface area contributed by atoms with Crippen LogP contribution in [0, 0.1) is 0 Å². The SMILES string of the molecule is CC(Cc1cccc(C(N)=O)c1N1CC[C@H](O)C1)c1ccc2oc(=O)[nH]c2c1. The lowest BCUT2D eigenvalue weighted by molar-refractivity contribution is 0.100. The first-order valence-electron chi connectivity index (χ1n) is 9.40. The molecule has 1 fully saturated rings. The lowest BCUT2D eigenvalue weighted by Crippen LogP contribution is -2.26. The van der Waals surface area contributed by atoms with Crippen LogP contribution in [0.4, 0.5) is 5.69 Å². The van der Waals surface area contributed by atoms with Gasteiger partial charge in [0.25, 0.3) is 5.91 Å². The molecule has 146 valence electrons. The van der Waals surface area contributed by atoms with Crippen molar-refractivity contribution in [3.63, 3.8) is 0 Å². The first kappa shape index (κ1) is 18.3. The molecule has 0 saturated carbocycles. The number of aliphatic hydroxyl groups is 1. The fourth-order valence-corrected chi connectivity index (χ4v) is 4.00. The van der Waals surface area contributed by atoms with E-state index in [2.05, 4.69) is 11.9 Å². The number of aromatic amines is 1. The van der Waals surface area contributed by atoms with Crippen LogP contribution in [0.15, 0.2) is 45.6 Å². The van der Waals surface area contributed by atoms with Gasteiger partial charge >= 0.3 is 5.76 Å². The number of carbonyl (C=O) groups excluding carboxylic acids is 1. The molecule has 3 aromatic rings. The normalized spacial score (nSPS) is 17.9. The maximum atomic E-state index is 12.0. The number of aliphatic hydroxyl groups excluding tert-OH is 1. The summed E-state index contributed by atoms with van der Waals surface area (Å²) in [5.74, 6) is -0.802. The molecule has 4 N–H and O–H groups in total. The molecule has 1 aliphatic heterocycles. The summed E-state index contributed by atoms with van der Waals surface area (Å²) >= 11 is 0. The topological polar surface area (TPSA) is 113 Å². The van der Waals surface area contributed by atoms with Crippen LogP contribution in [0.1, 0.15) is 40.7 Å². The van der Waals surface area contributed by atoms with Crippen molar-refractivity contribution in [2.75, 3.05) is 18.0 Å². The number of β-amino-alcohol motifs (C(OH)–C–C–N with tert-alkyl or cyclic N) is 1. The smallest absolute Gasteiger partial charge is 0.408 e. The van der Waals surface area contributed by atoms with Crippen molar-refractivity contribution in [1.29, 1.82) is 0 Å². The van der Waals surface area contributed by atoms with E-state index in [0.717, 1.165) is 16.8 Å². The number of anilines is 1. The fraction of sp³-hybridized carbons (Fsp3) is 0.333. The van der Waals surface area contributed by atoms with E-state index in [1.54, 1.807) is 12.1 Å². The number of fused-ring (bicyclic) bond motifs is 1. The number of nitrogens with two attached hydrogens (primary N) is 1. The maximum Gasteiger partial charge on any atom is 0.417 e. The number of oxazole rings is 1. The number of nitrogens with zero attached hydrogens (tertiary/aromatic N) is 1. The van der Waals surface area contributed by atoms with Crippen molar-refractivity contribution in [2.24, 2.45) is 5.73 Å². The summed E-state index contributed by atoms with van der Waals surface area (Å²) in [6.07, 6.45) is 0.968. The largest absolute Gasteiger partial charge is 0.417 e. The molecule has 0 aliphatic carbocycles. The summed E-state index contributed by atoms with van der Waals surface area (Å²) in [4.78, 5) is 28.1. The fourth-order valence-electron chi connectivity index (χ4n) is 4.00. The van der Waals surface area contributed by atoms with Gasteiger partial charge in [0.2, 0.25) is 0 Å². The second kappa shape index (κ2) is 7.16. The molecule has 0 bridgehead atoms. The second-order valence-corrected chi connectivity index (χ2v) is 7.44. The van der Waals surface area contributed by atoms with E-state index in [0.29, 0.717) is 42.6 Å². The first-order chi connectivity index (χ1) is 13.4. The molecule has 28 heavy (non-hydrogen) atoms. The van der Waals surface area contributed by atoms with Crippen LogP contribution in [-0.4, -0.2) is 35.2 Å². The quantitative estimate of drug-likeness (QED) is 0.627. The number of nitrogens with one attached hydrogen (secondary N) is 1. The molecule has 0 radical (unpaired) electrons. The number of hydrogen-bond donors (Lipinski definition) is 3. The predicted octanol–water partition coefficient (Wildman–Crippen LogP) is 2.14. The molecule has 1 saturated heterocycles. The zero-order valence-electron chi connectivity index (χ0n) is 15.6. The molecule has 1 unspecified atom stereocenters. The average Bonchev–Trinajstić information content (AvgIpc) is 3.25. The lowest BCUT2D eigenvalue weighted by atomic mass is 9.91. The summed E-state index contributed by atoms with van der Waals surface area (Å²) in [5, 5.41) is 9.95. The summed E-state index contributed by atoms with van der Waals surface area (Å²) in [6.45, 7) is 3.28. The van der Waals surface area contributed by atoms with Crippen LogP contribution >= 0.6 is 0 Å². The number of benzene rings is 2. The van der Waals surface area contributed by atoms with Crippen molar-refractivity contribution in [1.82, 2.24) is 4.98 Å². The van der Waals surface area contributed by atoms with Crippen LogP contribution in [-0.2, 0) is 6.42 Å². The molecule has 4 rings (SSSR count). The van der Waals surface area contributed by atoms with Gasteiger partial charge in [0.15, 0.2) is 5.58 Å². The van der Waals surface area contributed by atoms with Gasteiger partial charge in [0.1, 0.15) is 0 Å². The Morgan fingerprint density at radius 1 is 1.39 bits per heavy atom. The summed E-state index contributed by atoms with van der Waals surface area (Å²) < 4.78 is 5.07. The third-order valence-electron chi connectivity index (χ3n) is 5.40. The van der Waals surface area contributed by atoms with Gasteiger partial charge in [0, 0.05) is 13.1 Å². The number of hydrogen-bond acceptors (Lipinski definition) is 5. The van der Waals surface area contributed by atoms with Crippen LogP contribution in [0.2, 0.25) is 0 Å². The molecule has 2 aromatic carbocycles. The Hall–Kier alpha value is -3.06. The van der Waals surface area contributed by atoms with Crippen molar-refractivity contribution < 1.29 is 14.3 Å². The maximum absolute atomic E-state index is 12.0. The third-order valence-corrected chi connectivity index (χ3v) is 5.40. The standard InChI is InChI=1S/C21H23N3O4/c1-12(13-5-6-18-17(10-13)23-21(27)28-18)9-14-3-2-4-16(20(22)26)19(14)24-8-7-15(25)11-24/h2-6,10,12,15,25H,7-9,11H2,1H3,(H2,22,26)(H,23,27)/t12?,15-/m0/s1. The Balaban J connectivity index is 1.68. The van der Waals surface area contributed by atoms with Crippen molar-refractivity contribution in [3.05, 3.63) is 63.6 Å². The molecule has 2 atom stereocenters. The third kappa shape index (κ3) is 3.41. The lowest BCUT2D eigenvalue weighted by Gasteiger charge is -2.25. The molecule has 1 aromatic heterocycles. The van der Waals surface area contributed by atoms with Crippen LogP contribution in [0.5, 0.6) is 0 Å². The van der Waals surface area contributed by atoms with Crippen LogP contribution in [0.3, 0.4) is 0 Å². The predicted molar refractivity (Wildman–Crippen MR) is 107 cm³/mol. The van der Waals surface area contributed by atoms with Gasteiger partial charge in [0.05, 0.1) is 22.9 Å². The Labute approximate surface area is 161 Å². The summed E-state index contributed by atoms with van der Waals surface area (Å²) in [7, 11) is 0. The number of rotatable bonds is 5. The number of H-pyrrole nitrogens is 1. The summed E-state index contributed by atoms with van der Waals surface area (Å²) in [5.41, 5.74) is 10.2. The van der Waals surface area contributed by atoms with E-state index in [4.69, 9.17) is 10.2 Å². The van der Waals surface area contributed by atoms with E-state index in [-0.39, 0.29) is 5.92 Å². The van der Waals surface area contributed by atoms with Gasteiger partial charge in [-0.2, -0.15) is 0 Å². The van der Waals surface area contributed by atoms with E-state index in [9.17, 15) is 14.7 Å². The second-order valence-electron chi connectivity index (χ2n) is 7.44. The molecule has 7 heteroatoms. The Morgan fingerprint density at radius 3 is 2.93 bits per heavy atom. The molecular formula is C21H23N3O4. The number of para-hydroxylation sites is 1. The van der Waals surface area contributed by atoms with Gasteiger partial charge < -0.3 is 20.2 Å². The monoisotopic (exact) mass is 381 g/mol. The van der Waals surface area contributed by atoms with E-state index >= 15 is 0 Å². The molecule has 1 amide bonds. The van der Waals surface area contributed by atoms with E-state index in [1.807, 2.05) is 29.2 Å². The van der Waals surface area contributed by atoms with Gasteiger partial charge in [-0.15, -0.1) is 0 Å². The highest BCUT2D eigenvalue weighted by Gasteiger charge is 2.26. The van der Waals surface area contributed by atoms with Gasteiger partial charge in [-0.3, -0.25) is 9.78 Å².